The lowest BCUT2D eigenvalue weighted by molar-refractivity contribution is -0.119. The first kappa shape index (κ1) is 18.4. The summed E-state index contributed by atoms with van der Waals surface area (Å²) in [4.78, 5) is 22.5. The Hall–Kier alpha value is -1.64. The zero-order chi connectivity index (χ0) is 16.9. The predicted octanol–water partition coefficient (Wildman–Crippen LogP) is 1.15. The van der Waals surface area contributed by atoms with Crippen LogP contribution in [-0.4, -0.2) is 37.6 Å². The van der Waals surface area contributed by atoms with Gasteiger partial charge in [0.2, 0.25) is 15.9 Å². The topological polar surface area (TPSA) is 95.6 Å². The zero-order valence-corrected chi connectivity index (χ0v) is 14.1. The summed E-state index contributed by atoms with van der Waals surface area (Å²) in [6, 6.07) is 3.90. The Morgan fingerprint density at radius 2 is 1.77 bits per heavy atom. The first-order valence-corrected chi connectivity index (χ1v) is 8.42. The van der Waals surface area contributed by atoms with Gasteiger partial charge in [-0.2, -0.15) is 4.31 Å². The molecule has 0 aromatic heterocycles. The SMILES string of the molecule is CCN(CC)S(=O)(=O)c1cc(C(=O)NNC(C)=O)ccc1Cl. The normalized spacial score (nSPS) is 11.3. The van der Waals surface area contributed by atoms with Crippen LogP contribution in [0.15, 0.2) is 23.1 Å². The van der Waals surface area contributed by atoms with Crippen LogP contribution in [0, 0.1) is 0 Å². The lowest BCUT2D eigenvalue weighted by Gasteiger charge is -2.19. The van der Waals surface area contributed by atoms with Gasteiger partial charge in [-0.15, -0.1) is 0 Å². The van der Waals surface area contributed by atoms with Gasteiger partial charge >= 0.3 is 0 Å². The van der Waals surface area contributed by atoms with Crippen molar-refractivity contribution in [2.75, 3.05) is 13.1 Å². The summed E-state index contributed by atoms with van der Waals surface area (Å²) in [6.45, 7) is 5.23. The fraction of sp³-hybridized carbons (Fsp3) is 0.385. The van der Waals surface area contributed by atoms with E-state index in [9.17, 15) is 18.0 Å². The molecule has 1 rings (SSSR count). The maximum atomic E-state index is 12.5. The third-order valence-corrected chi connectivity index (χ3v) is 5.40. The summed E-state index contributed by atoms with van der Waals surface area (Å²) in [7, 11) is -3.79. The summed E-state index contributed by atoms with van der Waals surface area (Å²) in [5.74, 6) is -1.08. The Morgan fingerprint density at radius 1 is 1.18 bits per heavy atom. The number of hydrogen-bond acceptors (Lipinski definition) is 4. The molecule has 0 aliphatic rings. The Kier molecular flexibility index (Phi) is 6.34. The van der Waals surface area contributed by atoms with E-state index in [4.69, 9.17) is 11.6 Å². The molecule has 22 heavy (non-hydrogen) atoms. The minimum atomic E-state index is -3.79. The second kappa shape index (κ2) is 7.57. The highest BCUT2D eigenvalue weighted by Gasteiger charge is 2.25. The second-order valence-corrected chi connectivity index (χ2v) is 6.68. The van der Waals surface area contributed by atoms with Crippen LogP contribution in [0.1, 0.15) is 31.1 Å². The van der Waals surface area contributed by atoms with Crippen LogP contribution in [0.25, 0.3) is 0 Å². The summed E-state index contributed by atoms with van der Waals surface area (Å²) >= 11 is 5.96. The fourth-order valence-electron chi connectivity index (χ4n) is 1.76. The Bertz CT molecular complexity index is 672. The number of carbonyl (C=O) groups excluding carboxylic acids is 2. The molecule has 0 saturated carbocycles. The number of rotatable bonds is 5. The van der Waals surface area contributed by atoms with E-state index in [2.05, 4.69) is 10.9 Å². The smallest absolute Gasteiger partial charge is 0.269 e. The Balaban J connectivity index is 3.20. The molecule has 0 aliphatic heterocycles. The van der Waals surface area contributed by atoms with E-state index in [1.165, 1.54) is 29.4 Å². The largest absolute Gasteiger partial charge is 0.274 e. The van der Waals surface area contributed by atoms with Gasteiger partial charge in [0, 0.05) is 25.6 Å². The molecule has 2 N–H and O–H groups in total. The highest BCUT2D eigenvalue weighted by atomic mass is 35.5. The van der Waals surface area contributed by atoms with Crippen LogP contribution >= 0.6 is 11.6 Å². The first-order valence-electron chi connectivity index (χ1n) is 6.60. The van der Waals surface area contributed by atoms with Gasteiger partial charge in [0.15, 0.2) is 0 Å². The third kappa shape index (κ3) is 4.19. The van der Waals surface area contributed by atoms with Crippen LogP contribution in [0.5, 0.6) is 0 Å². The molecule has 1 aromatic carbocycles. The van der Waals surface area contributed by atoms with Crippen LogP contribution in [0.4, 0.5) is 0 Å². The third-order valence-electron chi connectivity index (χ3n) is 2.87. The van der Waals surface area contributed by atoms with Gasteiger partial charge in [-0.25, -0.2) is 8.42 Å². The Morgan fingerprint density at radius 3 is 2.27 bits per heavy atom. The summed E-state index contributed by atoms with van der Waals surface area (Å²) in [5, 5.41) is 0.0305. The number of sulfonamides is 1. The van der Waals surface area contributed by atoms with E-state index in [1.807, 2.05) is 0 Å². The maximum Gasteiger partial charge on any atom is 0.269 e. The van der Waals surface area contributed by atoms with Crippen LogP contribution in [0.2, 0.25) is 5.02 Å². The lowest BCUT2D eigenvalue weighted by Crippen LogP contribution is -2.40. The van der Waals surface area contributed by atoms with Gasteiger partial charge in [0.25, 0.3) is 5.91 Å². The van der Waals surface area contributed by atoms with E-state index >= 15 is 0 Å². The van der Waals surface area contributed by atoms with Crippen molar-refractivity contribution in [1.29, 1.82) is 0 Å². The van der Waals surface area contributed by atoms with Crippen molar-refractivity contribution in [1.82, 2.24) is 15.2 Å². The van der Waals surface area contributed by atoms with E-state index in [0.717, 1.165) is 0 Å². The number of hydrogen-bond donors (Lipinski definition) is 2. The van der Waals surface area contributed by atoms with Crippen molar-refractivity contribution in [2.45, 2.75) is 25.7 Å². The molecular formula is C13H18ClN3O4S. The molecule has 0 fully saturated rings. The number of carbonyl (C=O) groups is 2. The fourth-order valence-corrected chi connectivity index (χ4v) is 3.72. The summed E-state index contributed by atoms with van der Waals surface area (Å²) in [6.07, 6.45) is 0. The van der Waals surface area contributed by atoms with Crippen LogP contribution < -0.4 is 10.9 Å². The monoisotopic (exact) mass is 347 g/mol. The van der Waals surface area contributed by atoms with E-state index in [1.54, 1.807) is 13.8 Å². The quantitative estimate of drug-likeness (QED) is 0.781. The molecule has 7 nitrogen and oxygen atoms in total. The number of nitrogens with zero attached hydrogens (tertiary/aromatic N) is 1. The standard InChI is InChI=1S/C13H18ClN3O4S/c1-4-17(5-2)22(20,21)12-8-10(6-7-11(12)14)13(19)16-15-9(3)18/h6-8H,4-5H2,1-3H3,(H,15,18)(H,16,19). The molecule has 0 aliphatic carbocycles. The molecule has 0 saturated heterocycles. The molecule has 0 unspecified atom stereocenters. The van der Waals surface area contributed by atoms with Crippen molar-refractivity contribution in [3.63, 3.8) is 0 Å². The van der Waals surface area contributed by atoms with E-state index in [-0.39, 0.29) is 28.6 Å². The average molecular weight is 348 g/mol. The van der Waals surface area contributed by atoms with Crippen molar-refractivity contribution in [2.24, 2.45) is 0 Å². The van der Waals surface area contributed by atoms with Gasteiger partial charge < -0.3 is 0 Å². The number of halogens is 1. The summed E-state index contributed by atoms with van der Waals surface area (Å²) < 4.78 is 26.2. The minimum absolute atomic E-state index is 0.0305. The molecule has 0 bridgehead atoms. The predicted molar refractivity (Wildman–Crippen MR) is 82.8 cm³/mol. The number of benzene rings is 1. The molecule has 0 radical (unpaired) electrons. The molecule has 0 spiro atoms. The molecule has 1 aromatic rings. The highest BCUT2D eigenvalue weighted by Crippen LogP contribution is 2.25. The second-order valence-electron chi connectivity index (χ2n) is 4.37. The zero-order valence-electron chi connectivity index (χ0n) is 12.5. The average Bonchev–Trinajstić information content (AvgIpc) is 2.45. The number of amides is 2. The van der Waals surface area contributed by atoms with Crippen molar-refractivity contribution in [3.8, 4) is 0 Å². The van der Waals surface area contributed by atoms with Crippen LogP contribution in [-0.2, 0) is 14.8 Å². The molecule has 2 amide bonds. The van der Waals surface area contributed by atoms with Crippen molar-refractivity contribution in [3.05, 3.63) is 28.8 Å². The summed E-state index contributed by atoms with van der Waals surface area (Å²) in [5.41, 5.74) is 4.37. The van der Waals surface area contributed by atoms with Gasteiger partial charge in [-0.05, 0) is 18.2 Å². The minimum Gasteiger partial charge on any atom is -0.274 e. The van der Waals surface area contributed by atoms with Crippen molar-refractivity contribution < 1.29 is 18.0 Å². The molecular weight excluding hydrogens is 330 g/mol. The first-order chi connectivity index (χ1) is 10.2. The Labute approximate surface area is 134 Å². The highest BCUT2D eigenvalue weighted by molar-refractivity contribution is 7.89. The molecule has 122 valence electrons. The maximum absolute atomic E-state index is 12.5. The molecule has 0 heterocycles. The van der Waals surface area contributed by atoms with Gasteiger partial charge in [-0.3, -0.25) is 20.4 Å². The van der Waals surface area contributed by atoms with Crippen molar-refractivity contribution >= 4 is 33.4 Å². The molecule has 0 atom stereocenters. The number of hydrazine groups is 1. The van der Waals surface area contributed by atoms with Crippen LogP contribution in [0.3, 0.4) is 0 Å². The molecule has 9 heteroatoms. The lowest BCUT2D eigenvalue weighted by atomic mass is 10.2. The number of nitrogens with one attached hydrogen (secondary N) is 2. The van der Waals surface area contributed by atoms with E-state index < -0.39 is 21.8 Å². The van der Waals surface area contributed by atoms with Gasteiger partial charge in [0.05, 0.1) is 5.02 Å². The van der Waals surface area contributed by atoms with Gasteiger partial charge in [0.1, 0.15) is 4.90 Å². The van der Waals surface area contributed by atoms with Gasteiger partial charge in [-0.1, -0.05) is 25.4 Å². The van der Waals surface area contributed by atoms with E-state index in [0.29, 0.717) is 0 Å².